The molecule has 1 aromatic carbocycles. The van der Waals surface area contributed by atoms with Gasteiger partial charge in [-0.3, -0.25) is 19.4 Å². The van der Waals surface area contributed by atoms with Crippen molar-refractivity contribution >= 4 is 29.3 Å². The smallest absolute Gasteiger partial charge is 0.258 e. The number of benzene rings is 1. The molecule has 0 unspecified atom stereocenters. The molecule has 8 nitrogen and oxygen atoms in total. The summed E-state index contributed by atoms with van der Waals surface area (Å²) in [5.74, 6) is -0.0113. The Morgan fingerprint density at radius 2 is 1.87 bits per heavy atom. The quantitative estimate of drug-likeness (QED) is 0.704. The lowest BCUT2D eigenvalue weighted by atomic mass is 9.91. The number of aromatic nitrogens is 2. The van der Waals surface area contributed by atoms with E-state index in [1.54, 1.807) is 0 Å². The van der Waals surface area contributed by atoms with E-state index in [0.29, 0.717) is 23.5 Å². The van der Waals surface area contributed by atoms with Gasteiger partial charge in [-0.25, -0.2) is 0 Å². The van der Waals surface area contributed by atoms with Crippen LogP contribution in [0.2, 0.25) is 0 Å². The lowest BCUT2D eigenvalue weighted by molar-refractivity contribution is -0.123. The van der Waals surface area contributed by atoms with Gasteiger partial charge in [-0.2, -0.15) is 4.98 Å². The van der Waals surface area contributed by atoms with Gasteiger partial charge < -0.3 is 15.5 Å². The summed E-state index contributed by atoms with van der Waals surface area (Å²) in [7, 11) is 0. The van der Waals surface area contributed by atoms with Crippen LogP contribution in [0.15, 0.2) is 23.0 Å². The molecule has 1 saturated heterocycles. The Morgan fingerprint density at radius 1 is 1.16 bits per heavy atom. The molecule has 31 heavy (non-hydrogen) atoms. The van der Waals surface area contributed by atoms with E-state index < -0.39 is 5.92 Å². The molecule has 1 fully saturated rings. The topological polar surface area (TPSA) is 107 Å². The first-order valence-corrected chi connectivity index (χ1v) is 10.8. The number of carbonyl (C=O) groups excluding carboxylic acids is 2. The van der Waals surface area contributed by atoms with Crippen LogP contribution in [0.25, 0.3) is 0 Å². The summed E-state index contributed by atoms with van der Waals surface area (Å²) >= 11 is 0. The first-order valence-electron chi connectivity index (χ1n) is 10.8. The van der Waals surface area contributed by atoms with E-state index in [-0.39, 0.29) is 35.2 Å². The lowest BCUT2D eigenvalue weighted by Crippen LogP contribution is -2.42. The molecule has 0 aliphatic carbocycles. The first kappa shape index (κ1) is 21.1. The second-order valence-electron chi connectivity index (χ2n) is 9.12. The molecular formula is C23H29N5O3. The molecule has 2 amide bonds. The fourth-order valence-corrected chi connectivity index (χ4v) is 4.66. The van der Waals surface area contributed by atoms with Crippen LogP contribution in [0.4, 0.5) is 17.5 Å². The molecule has 0 spiro atoms. The minimum atomic E-state index is -0.895. The van der Waals surface area contributed by atoms with Gasteiger partial charge in [0.15, 0.2) is 0 Å². The zero-order chi connectivity index (χ0) is 22.3. The molecule has 8 heteroatoms. The summed E-state index contributed by atoms with van der Waals surface area (Å²) in [6.45, 7) is 9.77. The third kappa shape index (κ3) is 4.33. The number of piperidine rings is 1. The van der Waals surface area contributed by atoms with Gasteiger partial charge in [0.25, 0.3) is 5.56 Å². The number of fused-ring (bicyclic) bond motifs is 1. The van der Waals surface area contributed by atoms with E-state index >= 15 is 0 Å². The largest absolute Gasteiger partial charge is 0.342 e. The zero-order valence-electron chi connectivity index (χ0n) is 18.4. The van der Waals surface area contributed by atoms with Gasteiger partial charge in [0.1, 0.15) is 5.82 Å². The van der Waals surface area contributed by atoms with Crippen molar-refractivity contribution in [3.05, 3.63) is 45.2 Å². The van der Waals surface area contributed by atoms with Crippen LogP contribution in [-0.2, 0) is 9.59 Å². The van der Waals surface area contributed by atoms with E-state index in [1.807, 2.05) is 36.9 Å². The molecular weight excluding hydrogens is 394 g/mol. The number of aryl methyl sites for hydroxylation is 2. The van der Waals surface area contributed by atoms with Gasteiger partial charge in [0, 0.05) is 25.2 Å². The van der Waals surface area contributed by atoms with Crippen LogP contribution in [-0.4, -0.2) is 34.9 Å². The molecule has 0 bridgehead atoms. The maximum atomic E-state index is 13.1. The van der Waals surface area contributed by atoms with E-state index in [2.05, 4.69) is 34.4 Å². The second kappa shape index (κ2) is 8.17. The fourth-order valence-electron chi connectivity index (χ4n) is 4.66. The minimum absolute atomic E-state index is 0.0917. The van der Waals surface area contributed by atoms with Crippen LogP contribution in [0.1, 0.15) is 49.3 Å². The second-order valence-corrected chi connectivity index (χ2v) is 9.12. The molecule has 164 valence electrons. The number of hydrogen-bond acceptors (Lipinski definition) is 5. The van der Waals surface area contributed by atoms with E-state index in [0.717, 1.165) is 30.6 Å². The highest BCUT2D eigenvalue weighted by Gasteiger charge is 2.35. The molecule has 3 atom stereocenters. The molecule has 0 saturated carbocycles. The zero-order valence-corrected chi connectivity index (χ0v) is 18.4. The third-order valence-electron chi connectivity index (χ3n) is 6.07. The summed E-state index contributed by atoms with van der Waals surface area (Å²) in [6.07, 6.45) is 1.04. The van der Waals surface area contributed by atoms with Crippen molar-refractivity contribution < 1.29 is 9.59 Å². The number of nitrogens with one attached hydrogen (secondary N) is 3. The number of carbonyl (C=O) groups is 2. The number of anilines is 3. The third-order valence-corrected chi connectivity index (χ3v) is 6.07. The van der Waals surface area contributed by atoms with Gasteiger partial charge in [0.2, 0.25) is 17.8 Å². The molecule has 3 N–H and O–H groups in total. The monoisotopic (exact) mass is 423 g/mol. The molecule has 0 radical (unpaired) electrons. The van der Waals surface area contributed by atoms with Crippen LogP contribution in [0, 0.1) is 25.7 Å². The average Bonchev–Trinajstić information content (AvgIpc) is 2.69. The standard InChI is InChI=1S/C23H29N5O3/c1-12-5-6-15(4)17(8-12)24-21(30)16-9-18(29)25-20-19(16)22(31)27-23(26-20)28-10-13(2)7-14(3)11-28/h5-6,8,13-14,16H,7,9-11H2,1-4H3,(H,24,30)(H2,25,26,27,29,31)/t13-,14-,16+/m0/s1. The van der Waals surface area contributed by atoms with Crippen molar-refractivity contribution in [3.8, 4) is 0 Å². The number of nitrogens with zero attached hydrogens (tertiary/aromatic N) is 2. The number of H-pyrrole nitrogens is 1. The summed E-state index contributed by atoms with van der Waals surface area (Å²) in [5.41, 5.74) is 2.43. The van der Waals surface area contributed by atoms with Gasteiger partial charge in [-0.1, -0.05) is 26.0 Å². The maximum Gasteiger partial charge on any atom is 0.258 e. The number of rotatable bonds is 3. The lowest BCUT2D eigenvalue weighted by Gasteiger charge is -2.35. The van der Waals surface area contributed by atoms with Crippen LogP contribution >= 0.6 is 0 Å². The van der Waals surface area contributed by atoms with Crippen molar-refractivity contribution in [2.24, 2.45) is 11.8 Å². The Morgan fingerprint density at radius 3 is 2.58 bits per heavy atom. The first-order chi connectivity index (χ1) is 14.7. The van der Waals surface area contributed by atoms with Crippen molar-refractivity contribution in [3.63, 3.8) is 0 Å². The highest BCUT2D eigenvalue weighted by Crippen LogP contribution is 2.32. The van der Waals surface area contributed by atoms with Crippen molar-refractivity contribution in [2.75, 3.05) is 28.6 Å². The summed E-state index contributed by atoms with van der Waals surface area (Å²) in [6, 6.07) is 5.77. The van der Waals surface area contributed by atoms with Crippen LogP contribution in [0.3, 0.4) is 0 Å². The highest BCUT2D eigenvalue weighted by molar-refractivity contribution is 6.04. The Balaban J connectivity index is 1.66. The fraction of sp³-hybridized carbons (Fsp3) is 0.478. The SMILES string of the molecule is Cc1ccc(C)c(NC(=O)[C@@H]2CC(=O)Nc3nc(N4C[C@@H](C)C[C@H](C)C4)[nH]c(=O)c32)c1. The molecule has 2 aliphatic heterocycles. The van der Waals surface area contributed by atoms with Gasteiger partial charge in [-0.15, -0.1) is 0 Å². The maximum absolute atomic E-state index is 13.1. The average molecular weight is 424 g/mol. The molecule has 4 rings (SSSR count). The van der Waals surface area contributed by atoms with E-state index in [9.17, 15) is 14.4 Å². The Hall–Kier alpha value is -3.16. The number of amides is 2. The van der Waals surface area contributed by atoms with E-state index in [4.69, 9.17) is 0 Å². The molecule has 3 heterocycles. The van der Waals surface area contributed by atoms with Gasteiger partial charge in [-0.05, 0) is 49.3 Å². The van der Waals surface area contributed by atoms with Gasteiger partial charge >= 0.3 is 0 Å². The Kier molecular flexibility index (Phi) is 5.56. The van der Waals surface area contributed by atoms with Crippen molar-refractivity contribution in [2.45, 2.75) is 46.5 Å². The Labute approximate surface area is 181 Å². The van der Waals surface area contributed by atoms with Gasteiger partial charge in [0.05, 0.1) is 11.5 Å². The van der Waals surface area contributed by atoms with Crippen LogP contribution in [0.5, 0.6) is 0 Å². The molecule has 2 aromatic rings. The van der Waals surface area contributed by atoms with Crippen molar-refractivity contribution in [1.29, 1.82) is 0 Å². The minimum Gasteiger partial charge on any atom is -0.342 e. The summed E-state index contributed by atoms with van der Waals surface area (Å²) < 4.78 is 0. The van der Waals surface area contributed by atoms with E-state index in [1.165, 1.54) is 0 Å². The van der Waals surface area contributed by atoms with Crippen molar-refractivity contribution in [1.82, 2.24) is 9.97 Å². The van der Waals surface area contributed by atoms with Crippen LogP contribution < -0.4 is 21.1 Å². The summed E-state index contributed by atoms with van der Waals surface area (Å²) in [4.78, 5) is 47.9. The number of aromatic amines is 1. The summed E-state index contributed by atoms with van der Waals surface area (Å²) in [5, 5.41) is 5.58. The Bertz CT molecular complexity index is 1080. The predicted octanol–water partition coefficient (Wildman–Crippen LogP) is 2.93. The number of hydrogen-bond donors (Lipinski definition) is 3. The highest BCUT2D eigenvalue weighted by atomic mass is 16.2. The molecule has 2 aliphatic rings. The normalized spacial score (nSPS) is 23.2. The predicted molar refractivity (Wildman–Crippen MR) is 121 cm³/mol. The molecule has 1 aromatic heterocycles.